The number of aromatic nitrogens is 2. The van der Waals surface area contributed by atoms with E-state index in [-0.39, 0.29) is 24.3 Å². The highest BCUT2D eigenvalue weighted by atomic mass is 16.5. The summed E-state index contributed by atoms with van der Waals surface area (Å²) in [7, 11) is 1.64. The van der Waals surface area contributed by atoms with Crippen molar-refractivity contribution in [1.29, 1.82) is 0 Å². The Kier molecular flexibility index (Phi) is 5.79. The number of ether oxygens (including phenoxy) is 2. The van der Waals surface area contributed by atoms with Crippen LogP contribution in [0.2, 0.25) is 0 Å². The van der Waals surface area contributed by atoms with E-state index in [0.717, 1.165) is 36.3 Å². The number of amides is 1. The van der Waals surface area contributed by atoms with Gasteiger partial charge in [-0.2, -0.15) is 4.98 Å². The van der Waals surface area contributed by atoms with Gasteiger partial charge in [-0.3, -0.25) is 4.79 Å². The van der Waals surface area contributed by atoms with E-state index in [1.807, 2.05) is 54.6 Å². The van der Waals surface area contributed by atoms with Gasteiger partial charge in [0, 0.05) is 12.1 Å². The van der Waals surface area contributed by atoms with Crippen LogP contribution in [0.25, 0.3) is 0 Å². The molecular weight excluding hydrogens is 406 g/mol. The predicted molar refractivity (Wildman–Crippen MR) is 117 cm³/mol. The first-order valence-electron chi connectivity index (χ1n) is 11.1. The molecule has 1 amide bonds. The average molecular weight is 434 g/mol. The number of fused-ring (bicyclic) bond motifs is 2. The van der Waals surface area contributed by atoms with E-state index < -0.39 is 0 Å². The van der Waals surface area contributed by atoms with Crippen molar-refractivity contribution in [3.05, 3.63) is 71.9 Å². The van der Waals surface area contributed by atoms with Gasteiger partial charge in [-0.15, -0.1) is 0 Å². The summed E-state index contributed by atoms with van der Waals surface area (Å²) in [6, 6.07) is 17.3. The molecule has 2 aliphatic carbocycles. The normalized spacial score (nSPS) is 23.8. The third-order valence-corrected chi connectivity index (χ3v) is 6.74. The molecule has 0 spiro atoms. The number of hydrogen-bond donors (Lipinski definition) is 1. The number of nitrogens with one attached hydrogen (secondary N) is 1. The van der Waals surface area contributed by atoms with Gasteiger partial charge < -0.3 is 19.3 Å². The highest BCUT2D eigenvalue weighted by molar-refractivity contribution is 5.80. The first kappa shape index (κ1) is 20.5. The Morgan fingerprint density at radius 3 is 2.72 bits per heavy atom. The highest BCUT2D eigenvalue weighted by Gasteiger charge is 2.53. The molecule has 2 bridgehead atoms. The summed E-state index contributed by atoms with van der Waals surface area (Å²) >= 11 is 0. The number of methoxy groups -OCH3 is 1. The summed E-state index contributed by atoms with van der Waals surface area (Å²) in [5, 5.41) is 7.23. The Bertz CT molecular complexity index is 1070. The summed E-state index contributed by atoms with van der Waals surface area (Å²) in [6.45, 7) is 0.669. The van der Waals surface area contributed by atoms with Crippen molar-refractivity contribution >= 4 is 5.91 Å². The van der Waals surface area contributed by atoms with Crippen LogP contribution in [0.1, 0.15) is 42.5 Å². The third-order valence-electron chi connectivity index (χ3n) is 6.74. The number of para-hydroxylation sites is 2. The zero-order valence-corrected chi connectivity index (χ0v) is 18.1. The van der Waals surface area contributed by atoms with Crippen molar-refractivity contribution in [2.75, 3.05) is 7.11 Å². The topological polar surface area (TPSA) is 86.5 Å². The van der Waals surface area contributed by atoms with Crippen LogP contribution in [-0.4, -0.2) is 23.2 Å². The lowest BCUT2D eigenvalue weighted by atomic mass is 9.78. The molecule has 2 saturated carbocycles. The molecule has 1 heterocycles. The van der Waals surface area contributed by atoms with Gasteiger partial charge in [0.1, 0.15) is 11.5 Å². The summed E-state index contributed by atoms with van der Waals surface area (Å²) in [5.41, 5.74) is 0.959. The molecule has 0 saturated heterocycles. The Morgan fingerprint density at radius 1 is 1.09 bits per heavy atom. The number of nitrogens with zero attached hydrogens (tertiary/aromatic N) is 2. The maximum Gasteiger partial charge on any atom is 0.230 e. The Balaban J connectivity index is 1.27. The fraction of sp³-hybridized carbons (Fsp3) is 0.400. The van der Waals surface area contributed by atoms with Crippen LogP contribution in [0.5, 0.6) is 11.5 Å². The predicted octanol–water partition coefficient (Wildman–Crippen LogP) is 4.10. The van der Waals surface area contributed by atoms with Crippen LogP contribution in [-0.2, 0) is 17.9 Å². The molecule has 166 valence electrons. The van der Waals surface area contributed by atoms with Crippen LogP contribution in [0.4, 0.5) is 0 Å². The minimum atomic E-state index is -0.146. The van der Waals surface area contributed by atoms with Crippen LogP contribution in [0.3, 0.4) is 0 Å². The molecule has 2 aromatic carbocycles. The minimum absolute atomic E-state index is 0.0376. The lowest BCUT2D eigenvalue weighted by Gasteiger charge is -2.27. The first-order chi connectivity index (χ1) is 15.7. The minimum Gasteiger partial charge on any atom is -0.496 e. The third kappa shape index (κ3) is 4.07. The summed E-state index contributed by atoms with van der Waals surface area (Å²) in [5.74, 6) is 3.22. The SMILES string of the molecule is COc1ccccc1CNC(=O)[C@H]1[C@H]2CC[C@H](C2)[C@@H]1c1nc(COc2ccccc2)no1. The average Bonchev–Trinajstić information content (AvgIpc) is 3.58. The molecule has 1 aromatic heterocycles. The van der Waals surface area contributed by atoms with Crippen molar-refractivity contribution in [2.24, 2.45) is 17.8 Å². The second-order valence-corrected chi connectivity index (χ2v) is 8.57. The molecule has 5 rings (SSSR count). The van der Waals surface area contributed by atoms with E-state index in [4.69, 9.17) is 14.0 Å². The van der Waals surface area contributed by atoms with Gasteiger partial charge >= 0.3 is 0 Å². The van der Waals surface area contributed by atoms with Gasteiger partial charge in [0.2, 0.25) is 17.6 Å². The maximum absolute atomic E-state index is 13.2. The van der Waals surface area contributed by atoms with Crippen LogP contribution < -0.4 is 14.8 Å². The second kappa shape index (κ2) is 9.02. The van der Waals surface area contributed by atoms with E-state index >= 15 is 0 Å². The summed E-state index contributed by atoms with van der Waals surface area (Å²) in [6.07, 6.45) is 3.21. The van der Waals surface area contributed by atoms with Gasteiger partial charge in [0.15, 0.2) is 6.61 Å². The fourth-order valence-corrected chi connectivity index (χ4v) is 5.30. The van der Waals surface area contributed by atoms with E-state index in [2.05, 4.69) is 15.5 Å². The molecule has 0 radical (unpaired) electrons. The highest BCUT2D eigenvalue weighted by Crippen LogP contribution is 2.56. The van der Waals surface area contributed by atoms with Gasteiger partial charge in [-0.1, -0.05) is 41.6 Å². The molecule has 0 unspecified atom stereocenters. The van der Waals surface area contributed by atoms with Gasteiger partial charge in [0.25, 0.3) is 0 Å². The van der Waals surface area contributed by atoms with Crippen molar-refractivity contribution < 1.29 is 18.8 Å². The molecule has 7 heteroatoms. The van der Waals surface area contributed by atoms with Crippen LogP contribution in [0, 0.1) is 17.8 Å². The fourth-order valence-electron chi connectivity index (χ4n) is 5.30. The zero-order chi connectivity index (χ0) is 21.9. The van der Waals surface area contributed by atoms with Gasteiger partial charge in [-0.25, -0.2) is 0 Å². The van der Waals surface area contributed by atoms with Crippen LogP contribution in [0.15, 0.2) is 59.1 Å². The Morgan fingerprint density at radius 2 is 1.88 bits per heavy atom. The number of carbonyl (C=O) groups is 1. The molecule has 4 atom stereocenters. The lowest BCUT2D eigenvalue weighted by molar-refractivity contribution is -0.127. The quantitative estimate of drug-likeness (QED) is 0.576. The van der Waals surface area contributed by atoms with E-state index in [0.29, 0.717) is 30.1 Å². The standard InChI is InChI=1S/C25H27N3O4/c1-30-20-10-6-5-7-18(20)14-26-24(29)22-16-11-12-17(13-16)23(22)25-27-21(28-32-25)15-31-19-8-3-2-4-9-19/h2-10,16-17,22-23H,11-15H2,1H3,(H,26,29)/t16-,17+,22-,23-/m0/s1. The van der Waals surface area contributed by atoms with E-state index in [9.17, 15) is 4.79 Å². The molecule has 32 heavy (non-hydrogen) atoms. The second-order valence-electron chi connectivity index (χ2n) is 8.57. The molecule has 2 aliphatic rings. The van der Waals surface area contributed by atoms with Gasteiger partial charge in [0.05, 0.1) is 18.9 Å². The van der Waals surface area contributed by atoms with Crippen LogP contribution >= 0.6 is 0 Å². The molecule has 3 aromatic rings. The van der Waals surface area contributed by atoms with E-state index in [1.54, 1.807) is 7.11 Å². The number of carbonyl (C=O) groups excluding carboxylic acids is 1. The molecular formula is C25H27N3O4. The number of hydrogen-bond acceptors (Lipinski definition) is 6. The smallest absolute Gasteiger partial charge is 0.230 e. The van der Waals surface area contributed by atoms with Crippen molar-refractivity contribution in [3.8, 4) is 11.5 Å². The lowest BCUT2D eigenvalue weighted by Crippen LogP contribution is -2.37. The largest absolute Gasteiger partial charge is 0.496 e. The molecule has 2 fully saturated rings. The molecule has 0 aliphatic heterocycles. The summed E-state index contributed by atoms with van der Waals surface area (Å²) in [4.78, 5) is 17.8. The van der Waals surface area contributed by atoms with E-state index in [1.165, 1.54) is 0 Å². The molecule has 1 N–H and O–H groups in total. The monoisotopic (exact) mass is 433 g/mol. The van der Waals surface area contributed by atoms with Crippen molar-refractivity contribution in [2.45, 2.75) is 38.3 Å². The van der Waals surface area contributed by atoms with Crippen molar-refractivity contribution in [3.63, 3.8) is 0 Å². The zero-order valence-electron chi connectivity index (χ0n) is 18.1. The first-order valence-corrected chi connectivity index (χ1v) is 11.1. The van der Waals surface area contributed by atoms with Gasteiger partial charge in [-0.05, 0) is 49.3 Å². The maximum atomic E-state index is 13.2. The number of rotatable bonds is 8. The Hall–Kier alpha value is -3.35. The molecule has 7 nitrogen and oxygen atoms in total. The summed E-state index contributed by atoms with van der Waals surface area (Å²) < 4.78 is 16.8. The Labute approximate surface area is 187 Å². The number of benzene rings is 2. The van der Waals surface area contributed by atoms with Crippen molar-refractivity contribution in [1.82, 2.24) is 15.5 Å².